The van der Waals surface area contributed by atoms with Crippen molar-refractivity contribution in [1.82, 2.24) is 15.1 Å². The zero-order valence-corrected chi connectivity index (χ0v) is 25.7. The van der Waals surface area contributed by atoms with E-state index in [1.165, 1.54) is 31.1 Å². The number of amidine groups is 2. The van der Waals surface area contributed by atoms with E-state index < -0.39 is 0 Å². The number of hydrogen-bond donors (Lipinski definition) is 4. The number of amides is 2. The Morgan fingerprint density at radius 1 is 1.05 bits per heavy atom. The maximum Gasteiger partial charge on any atom is 0.223 e. The van der Waals surface area contributed by atoms with Crippen LogP contribution >= 0.6 is 11.3 Å². The quantitative estimate of drug-likeness (QED) is 0.192. The van der Waals surface area contributed by atoms with Crippen LogP contribution in [0.2, 0.25) is 0 Å². The molecule has 2 saturated heterocycles. The molecule has 8 nitrogen and oxygen atoms in total. The van der Waals surface area contributed by atoms with Crippen LogP contribution in [0.1, 0.15) is 103 Å². The van der Waals surface area contributed by atoms with E-state index in [2.05, 4.69) is 21.6 Å². The van der Waals surface area contributed by atoms with Gasteiger partial charge in [0, 0.05) is 54.7 Å². The van der Waals surface area contributed by atoms with Crippen molar-refractivity contribution in [2.24, 2.45) is 17.8 Å². The van der Waals surface area contributed by atoms with Gasteiger partial charge in [-0.15, -0.1) is 11.3 Å². The average molecular weight is 571 g/mol. The van der Waals surface area contributed by atoms with Crippen LogP contribution in [0.5, 0.6) is 0 Å². The smallest absolute Gasteiger partial charge is 0.223 e. The first-order chi connectivity index (χ1) is 19.1. The average Bonchev–Trinajstić information content (AvgIpc) is 3.47. The third kappa shape index (κ3) is 7.93. The number of fused-ring (bicyclic) bond motifs is 2. The van der Waals surface area contributed by atoms with Crippen molar-refractivity contribution in [3.05, 3.63) is 17.0 Å². The number of piperidine rings is 1. The summed E-state index contributed by atoms with van der Waals surface area (Å²) in [4.78, 5) is 30.4. The molecular formula is C31H50N6O2S. The van der Waals surface area contributed by atoms with Crippen molar-refractivity contribution < 1.29 is 9.59 Å². The highest BCUT2D eigenvalue weighted by atomic mass is 32.1. The molecule has 1 saturated carbocycles. The summed E-state index contributed by atoms with van der Waals surface area (Å²) in [7, 11) is 0. The largest absolute Gasteiger partial charge is 0.355 e. The molecule has 2 amide bonds. The van der Waals surface area contributed by atoms with Crippen molar-refractivity contribution in [2.75, 3.05) is 25.0 Å². The predicted octanol–water partition coefficient (Wildman–Crippen LogP) is 6.05. The summed E-state index contributed by atoms with van der Waals surface area (Å²) in [6.07, 6.45) is 11.2. The molecule has 0 aromatic carbocycles. The van der Waals surface area contributed by atoms with Gasteiger partial charge >= 0.3 is 0 Å². The molecule has 2 unspecified atom stereocenters. The van der Waals surface area contributed by atoms with Crippen LogP contribution in [0.25, 0.3) is 0 Å². The third-order valence-electron chi connectivity index (χ3n) is 9.23. The normalized spacial score (nSPS) is 24.1. The van der Waals surface area contributed by atoms with E-state index in [1.54, 1.807) is 18.3 Å². The van der Waals surface area contributed by atoms with Gasteiger partial charge in [-0.2, -0.15) is 0 Å². The van der Waals surface area contributed by atoms with Crippen LogP contribution in [0.15, 0.2) is 12.1 Å². The molecule has 40 heavy (non-hydrogen) atoms. The van der Waals surface area contributed by atoms with E-state index in [0.29, 0.717) is 36.2 Å². The van der Waals surface area contributed by atoms with E-state index in [-0.39, 0.29) is 29.6 Å². The zero-order valence-electron chi connectivity index (χ0n) is 24.9. The van der Waals surface area contributed by atoms with Gasteiger partial charge < -0.3 is 15.5 Å². The minimum atomic E-state index is -0.0599. The zero-order chi connectivity index (χ0) is 28.8. The molecule has 1 aromatic rings. The molecule has 1 aromatic heterocycles. The molecule has 1 aliphatic carbocycles. The number of hydrogen-bond acceptors (Lipinski definition) is 6. The Kier molecular flexibility index (Phi) is 10.8. The summed E-state index contributed by atoms with van der Waals surface area (Å²) in [5.41, 5.74) is 0. The monoisotopic (exact) mass is 570 g/mol. The van der Waals surface area contributed by atoms with Crippen molar-refractivity contribution in [3.63, 3.8) is 0 Å². The van der Waals surface area contributed by atoms with Crippen LogP contribution in [0, 0.1) is 28.6 Å². The minimum absolute atomic E-state index is 0.0599. The van der Waals surface area contributed by atoms with Gasteiger partial charge in [0.15, 0.2) is 0 Å². The first-order valence-corrected chi connectivity index (χ1v) is 16.3. The van der Waals surface area contributed by atoms with Gasteiger partial charge in [0.2, 0.25) is 11.8 Å². The van der Waals surface area contributed by atoms with Gasteiger partial charge in [-0.3, -0.25) is 25.3 Å². The van der Waals surface area contributed by atoms with Gasteiger partial charge in [-0.25, -0.2) is 0 Å². The highest BCUT2D eigenvalue weighted by Crippen LogP contribution is 2.40. The van der Waals surface area contributed by atoms with Gasteiger partial charge in [-0.1, -0.05) is 33.1 Å². The summed E-state index contributed by atoms with van der Waals surface area (Å²) < 4.78 is 0. The lowest BCUT2D eigenvalue weighted by molar-refractivity contribution is -0.126. The van der Waals surface area contributed by atoms with E-state index >= 15 is 0 Å². The minimum Gasteiger partial charge on any atom is -0.355 e. The highest BCUT2D eigenvalue weighted by Gasteiger charge is 2.41. The summed E-state index contributed by atoms with van der Waals surface area (Å²) in [5, 5.41) is 23.8. The SMILES string of the molecule is CC(=N)N(CC1CC2CCC(C1)N2CC[C@H](CNC(=O)C1CCCCC1)c1ccc(NC(C)=O)s1)C(=N)C(C)C. The maximum atomic E-state index is 13.0. The topological polar surface area (TPSA) is 112 Å². The molecule has 2 aliphatic heterocycles. The number of rotatable bonds is 11. The molecule has 4 N–H and O–H groups in total. The van der Waals surface area contributed by atoms with Gasteiger partial charge in [0.25, 0.3) is 0 Å². The van der Waals surface area contributed by atoms with Crippen LogP contribution in [0.3, 0.4) is 0 Å². The standard InChI is InChI=1S/C31H50N6O2S/c1-20(2)30(33)37(21(3)32)19-23-16-26-10-11-27(17-23)36(26)15-14-25(28-12-13-29(40-28)35-22(4)38)18-34-31(39)24-8-6-5-7-9-24/h12-13,20,23-27,32-33H,5-11,14-19H2,1-4H3,(H,34,39)(H,35,38)/t23?,25-,26?,27?/m1/s1. The second-order valence-electron chi connectivity index (χ2n) is 12.6. The molecule has 222 valence electrons. The lowest BCUT2D eigenvalue weighted by atomic mass is 9.88. The molecule has 3 atom stereocenters. The Morgan fingerprint density at radius 2 is 1.73 bits per heavy atom. The number of carbonyl (C=O) groups is 2. The fourth-order valence-corrected chi connectivity index (χ4v) is 8.17. The molecule has 3 fully saturated rings. The molecule has 0 radical (unpaired) electrons. The highest BCUT2D eigenvalue weighted by molar-refractivity contribution is 7.16. The number of carbonyl (C=O) groups excluding carboxylic acids is 2. The Bertz CT molecular complexity index is 1030. The first-order valence-electron chi connectivity index (χ1n) is 15.4. The van der Waals surface area contributed by atoms with Crippen LogP contribution in [-0.2, 0) is 9.59 Å². The molecular weight excluding hydrogens is 520 g/mol. The molecule has 4 rings (SSSR count). The van der Waals surface area contributed by atoms with Crippen molar-refractivity contribution >= 4 is 39.8 Å². The first kappa shape index (κ1) is 30.7. The fraction of sp³-hybridized carbons (Fsp3) is 0.742. The molecule has 2 bridgehead atoms. The predicted molar refractivity (Wildman–Crippen MR) is 164 cm³/mol. The van der Waals surface area contributed by atoms with Crippen molar-refractivity contribution in [3.8, 4) is 0 Å². The Hall–Kier alpha value is -2.26. The lowest BCUT2D eigenvalue weighted by Crippen LogP contribution is -2.48. The van der Waals surface area contributed by atoms with Gasteiger partial charge in [0.1, 0.15) is 5.84 Å². The second-order valence-corrected chi connectivity index (χ2v) is 13.8. The van der Waals surface area contributed by atoms with Gasteiger partial charge in [-0.05, 0) is 76.5 Å². The Balaban J connectivity index is 1.37. The molecule has 9 heteroatoms. The Labute approximate surface area is 244 Å². The van der Waals surface area contributed by atoms with E-state index in [1.807, 2.05) is 24.8 Å². The van der Waals surface area contributed by atoms with Crippen molar-refractivity contribution in [2.45, 2.75) is 110 Å². The van der Waals surface area contributed by atoms with Crippen molar-refractivity contribution in [1.29, 1.82) is 10.8 Å². The Morgan fingerprint density at radius 3 is 2.33 bits per heavy atom. The lowest BCUT2D eigenvalue weighted by Gasteiger charge is -2.41. The van der Waals surface area contributed by atoms with Crippen LogP contribution in [-0.4, -0.2) is 65.0 Å². The van der Waals surface area contributed by atoms with Crippen LogP contribution < -0.4 is 10.6 Å². The fourth-order valence-electron chi connectivity index (χ4n) is 7.08. The second kappa shape index (κ2) is 14.1. The number of thiophene rings is 1. The van der Waals surface area contributed by atoms with Gasteiger partial charge in [0.05, 0.1) is 10.8 Å². The summed E-state index contributed by atoms with van der Waals surface area (Å²) in [6, 6.07) is 5.21. The number of nitrogens with zero attached hydrogens (tertiary/aromatic N) is 2. The van der Waals surface area contributed by atoms with Crippen LogP contribution in [0.4, 0.5) is 5.00 Å². The van der Waals surface area contributed by atoms with E-state index in [9.17, 15) is 9.59 Å². The molecule has 3 heterocycles. The summed E-state index contributed by atoms with van der Waals surface area (Å²) in [6.45, 7) is 9.84. The third-order valence-corrected chi connectivity index (χ3v) is 10.4. The summed E-state index contributed by atoms with van der Waals surface area (Å²) >= 11 is 1.63. The molecule has 3 aliphatic rings. The number of nitrogens with one attached hydrogen (secondary N) is 4. The maximum absolute atomic E-state index is 13.0. The summed E-state index contributed by atoms with van der Waals surface area (Å²) in [5.74, 6) is 2.18. The van der Waals surface area contributed by atoms with E-state index in [0.717, 1.165) is 63.0 Å². The number of anilines is 1. The molecule has 0 spiro atoms. The van der Waals surface area contributed by atoms with E-state index in [4.69, 9.17) is 10.8 Å².